The maximum Gasteiger partial charge on any atom is 0.162 e. The van der Waals surface area contributed by atoms with Gasteiger partial charge in [-0.25, -0.2) is 0 Å². The molecule has 0 amide bonds. The fourth-order valence-electron chi connectivity index (χ4n) is 4.22. The lowest BCUT2D eigenvalue weighted by molar-refractivity contribution is -0.117. The Balaban J connectivity index is 1.79. The van der Waals surface area contributed by atoms with Crippen LogP contribution in [0, 0.1) is 5.92 Å². The Morgan fingerprint density at radius 1 is 1.16 bits per heavy atom. The number of allylic oxidation sites excluding steroid dienone is 2. The summed E-state index contributed by atoms with van der Waals surface area (Å²) in [5.41, 5.74) is 2.81. The van der Waals surface area contributed by atoms with E-state index in [1.807, 2.05) is 12.1 Å². The molecule has 3 nitrogen and oxygen atoms in total. The number of ether oxygens (including phenoxy) is 2. The van der Waals surface area contributed by atoms with E-state index in [1.165, 1.54) is 12.8 Å². The van der Waals surface area contributed by atoms with Crippen molar-refractivity contribution < 1.29 is 14.3 Å². The Hall–Kier alpha value is -1.55. The van der Waals surface area contributed by atoms with Gasteiger partial charge in [0, 0.05) is 12.0 Å². The highest BCUT2D eigenvalue weighted by atomic mass is 28.3. The van der Waals surface area contributed by atoms with Crippen molar-refractivity contribution in [2.24, 2.45) is 5.92 Å². The predicted octanol–water partition coefficient (Wildman–Crippen LogP) is 5.20. The highest BCUT2D eigenvalue weighted by molar-refractivity contribution is 6.78. The van der Waals surface area contributed by atoms with Crippen molar-refractivity contribution >= 4 is 13.9 Å². The highest BCUT2D eigenvalue weighted by Gasteiger charge is 2.48. The van der Waals surface area contributed by atoms with Gasteiger partial charge in [0.15, 0.2) is 5.78 Å². The maximum atomic E-state index is 13.2. The zero-order chi connectivity index (χ0) is 18.2. The Kier molecular flexibility index (Phi) is 5.10. The molecule has 0 heterocycles. The Bertz CT molecular complexity index is 687. The molecule has 3 unspecified atom stereocenters. The normalized spacial score (nSPS) is 26.0. The van der Waals surface area contributed by atoms with Gasteiger partial charge >= 0.3 is 0 Å². The molecule has 136 valence electrons. The summed E-state index contributed by atoms with van der Waals surface area (Å²) >= 11 is 0. The van der Waals surface area contributed by atoms with E-state index in [0.717, 1.165) is 35.5 Å². The molecule has 1 saturated carbocycles. The third-order valence-electron chi connectivity index (χ3n) is 5.73. The van der Waals surface area contributed by atoms with Crippen molar-refractivity contribution in [1.82, 2.24) is 0 Å². The van der Waals surface area contributed by atoms with Crippen LogP contribution >= 0.6 is 0 Å². The van der Waals surface area contributed by atoms with E-state index in [4.69, 9.17) is 9.47 Å². The van der Waals surface area contributed by atoms with Gasteiger partial charge in [0.2, 0.25) is 0 Å². The minimum atomic E-state index is -1.36. The standard InChI is InChI=1S/C21H30O3Si/c1-23-14-10-11-15(19(12-14)24-2)17-13-18(17)21(22)16-8-6-7-9-20(16)25(3,4)5/h8,10-12,17-18,20H,6-7,9,13H2,1-5H3. The predicted molar refractivity (Wildman–Crippen MR) is 104 cm³/mol. The van der Waals surface area contributed by atoms with Crippen LogP contribution in [0.5, 0.6) is 11.5 Å². The van der Waals surface area contributed by atoms with Gasteiger partial charge in [-0.15, -0.1) is 0 Å². The molecule has 3 atom stereocenters. The maximum absolute atomic E-state index is 13.2. The smallest absolute Gasteiger partial charge is 0.162 e. The molecule has 1 aromatic rings. The monoisotopic (exact) mass is 358 g/mol. The van der Waals surface area contributed by atoms with Crippen LogP contribution in [0.2, 0.25) is 25.2 Å². The SMILES string of the molecule is COc1ccc(C2CC2C(=O)C2=CCCCC2[Si](C)(C)C)c(OC)c1. The van der Waals surface area contributed by atoms with Crippen LogP contribution in [0.4, 0.5) is 0 Å². The molecular weight excluding hydrogens is 328 g/mol. The molecule has 0 aromatic heterocycles. The molecule has 0 N–H and O–H groups in total. The molecule has 0 saturated heterocycles. The Labute approximate surface area is 152 Å². The van der Waals surface area contributed by atoms with Gasteiger partial charge < -0.3 is 9.47 Å². The van der Waals surface area contributed by atoms with Crippen molar-refractivity contribution in [3.05, 3.63) is 35.4 Å². The average molecular weight is 359 g/mol. The van der Waals surface area contributed by atoms with Crippen LogP contribution in [-0.2, 0) is 4.79 Å². The van der Waals surface area contributed by atoms with Crippen molar-refractivity contribution in [2.45, 2.75) is 56.8 Å². The molecule has 3 rings (SSSR count). The topological polar surface area (TPSA) is 35.5 Å². The van der Waals surface area contributed by atoms with E-state index in [2.05, 4.69) is 31.8 Å². The summed E-state index contributed by atoms with van der Waals surface area (Å²) in [7, 11) is 1.98. The number of Topliss-reactive ketones (excluding diaryl/α,β-unsaturated/α-hetero) is 1. The fraction of sp³-hybridized carbons (Fsp3) is 0.571. The second kappa shape index (κ2) is 6.98. The second-order valence-corrected chi connectivity index (χ2v) is 13.9. The van der Waals surface area contributed by atoms with Gasteiger partial charge in [0.1, 0.15) is 11.5 Å². The average Bonchev–Trinajstić information content (AvgIpc) is 3.40. The van der Waals surface area contributed by atoms with Crippen LogP contribution in [0.3, 0.4) is 0 Å². The summed E-state index contributed by atoms with van der Waals surface area (Å²) in [4.78, 5) is 13.2. The summed E-state index contributed by atoms with van der Waals surface area (Å²) in [5, 5.41) is 0. The number of methoxy groups -OCH3 is 2. The number of carbonyl (C=O) groups excluding carboxylic acids is 1. The summed E-state index contributed by atoms with van der Waals surface area (Å²) in [5.74, 6) is 2.44. The highest BCUT2D eigenvalue weighted by Crippen LogP contribution is 2.54. The number of rotatable bonds is 6. The first-order chi connectivity index (χ1) is 11.9. The zero-order valence-electron chi connectivity index (χ0n) is 16.1. The third kappa shape index (κ3) is 3.69. The van der Waals surface area contributed by atoms with E-state index in [0.29, 0.717) is 17.2 Å². The van der Waals surface area contributed by atoms with Gasteiger partial charge in [-0.2, -0.15) is 0 Å². The van der Waals surface area contributed by atoms with Gasteiger partial charge in [0.25, 0.3) is 0 Å². The van der Waals surface area contributed by atoms with E-state index in [-0.39, 0.29) is 5.92 Å². The van der Waals surface area contributed by atoms with Crippen LogP contribution < -0.4 is 9.47 Å². The quantitative estimate of drug-likeness (QED) is 0.656. The first-order valence-electron chi connectivity index (χ1n) is 9.33. The van der Waals surface area contributed by atoms with Crippen LogP contribution in [0.15, 0.2) is 29.8 Å². The van der Waals surface area contributed by atoms with Crippen molar-refractivity contribution in [3.8, 4) is 11.5 Å². The van der Waals surface area contributed by atoms with Crippen molar-refractivity contribution in [3.63, 3.8) is 0 Å². The lowest BCUT2D eigenvalue weighted by atomic mass is 9.92. The Morgan fingerprint density at radius 3 is 2.56 bits per heavy atom. The zero-order valence-corrected chi connectivity index (χ0v) is 17.1. The van der Waals surface area contributed by atoms with Gasteiger partial charge in [0.05, 0.1) is 22.3 Å². The number of hydrogen-bond donors (Lipinski definition) is 0. The molecule has 2 aliphatic carbocycles. The van der Waals surface area contributed by atoms with E-state index in [9.17, 15) is 4.79 Å². The van der Waals surface area contributed by atoms with Crippen LogP contribution in [0.25, 0.3) is 0 Å². The first-order valence-corrected chi connectivity index (χ1v) is 12.9. The molecule has 0 radical (unpaired) electrons. The number of carbonyl (C=O) groups is 1. The number of hydrogen-bond acceptors (Lipinski definition) is 3. The summed E-state index contributed by atoms with van der Waals surface area (Å²) < 4.78 is 10.8. The molecule has 4 heteroatoms. The first kappa shape index (κ1) is 18.2. The largest absolute Gasteiger partial charge is 0.497 e. The number of ketones is 1. The van der Waals surface area contributed by atoms with Crippen LogP contribution in [0.1, 0.15) is 37.2 Å². The molecule has 0 bridgehead atoms. The molecule has 2 aliphatic rings. The summed E-state index contributed by atoms with van der Waals surface area (Å²) in [6, 6.07) is 5.93. The minimum Gasteiger partial charge on any atom is -0.497 e. The molecule has 1 fully saturated rings. The molecule has 25 heavy (non-hydrogen) atoms. The van der Waals surface area contributed by atoms with E-state index >= 15 is 0 Å². The Morgan fingerprint density at radius 2 is 1.92 bits per heavy atom. The minimum absolute atomic E-state index is 0.130. The van der Waals surface area contributed by atoms with Crippen molar-refractivity contribution in [1.29, 1.82) is 0 Å². The van der Waals surface area contributed by atoms with Gasteiger partial charge in [-0.1, -0.05) is 31.8 Å². The third-order valence-corrected chi connectivity index (χ3v) is 8.42. The number of benzene rings is 1. The summed E-state index contributed by atoms with van der Waals surface area (Å²) in [6.45, 7) is 7.17. The van der Waals surface area contributed by atoms with Gasteiger partial charge in [-0.3, -0.25) is 4.79 Å². The molecule has 0 spiro atoms. The fourth-order valence-corrected chi connectivity index (χ4v) is 6.48. The molecular formula is C21H30O3Si. The van der Waals surface area contributed by atoms with Gasteiger partial charge in [-0.05, 0) is 54.3 Å². The lowest BCUT2D eigenvalue weighted by Gasteiger charge is -2.33. The lowest BCUT2D eigenvalue weighted by Crippen LogP contribution is -2.33. The van der Waals surface area contributed by atoms with E-state index < -0.39 is 8.07 Å². The van der Waals surface area contributed by atoms with Crippen LogP contribution in [-0.4, -0.2) is 28.1 Å². The molecule has 0 aliphatic heterocycles. The van der Waals surface area contributed by atoms with E-state index in [1.54, 1.807) is 14.2 Å². The second-order valence-electron chi connectivity index (χ2n) is 8.43. The summed E-state index contributed by atoms with van der Waals surface area (Å²) in [6.07, 6.45) is 6.67. The molecule has 1 aromatic carbocycles. The van der Waals surface area contributed by atoms with Crippen molar-refractivity contribution in [2.75, 3.05) is 14.2 Å².